The summed E-state index contributed by atoms with van der Waals surface area (Å²) in [6.07, 6.45) is 8.31. The monoisotopic (exact) mass is 234 g/mol. The van der Waals surface area contributed by atoms with E-state index in [1.807, 2.05) is 19.3 Å². The molecule has 0 aromatic carbocycles. The van der Waals surface area contributed by atoms with Crippen LogP contribution in [0.25, 0.3) is 0 Å². The predicted octanol–water partition coefficient (Wildman–Crippen LogP) is 2.25. The van der Waals surface area contributed by atoms with Crippen molar-refractivity contribution in [2.45, 2.75) is 58.0 Å². The van der Waals surface area contributed by atoms with Gasteiger partial charge in [0.1, 0.15) is 11.4 Å². The predicted molar refractivity (Wildman–Crippen MR) is 68.3 cm³/mol. The fourth-order valence-electron chi connectivity index (χ4n) is 1.87. The van der Waals surface area contributed by atoms with E-state index in [9.17, 15) is 0 Å². The topological polar surface area (TPSA) is 67.6 Å². The van der Waals surface area contributed by atoms with Crippen LogP contribution in [0, 0.1) is 11.3 Å². The lowest BCUT2D eigenvalue weighted by molar-refractivity contribution is 0.441. The summed E-state index contributed by atoms with van der Waals surface area (Å²) in [5.41, 5.74) is 5.29. The van der Waals surface area contributed by atoms with Crippen molar-refractivity contribution in [2.24, 2.45) is 5.73 Å². The number of nitrogens with zero attached hydrogens (tertiary/aromatic N) is 3. The van der Waals surface area contributed by atoms with Gasteiger partial charge in [-0.1, -0.05) is 13.8 Å². The van der Waals surface area contributed by atoms with Crippen LogP contribution in [-0.2, 0) is 13.0 Å². The first-order chi connectivity index (χ1) is 8.15. The molecule has 4 nitrogen and oxygen atoms in total. The van der Waals surface area contributed by atoms with Crippen LogP contribution in [0.3, 0.4) is 0 Å². The van der Waals surface area contributed by atoms with Crippen LogP contribution in [0.15, 0.2) is 12.4 Å². The molecule has 0 bridgehead atoms. The van der Waals surface area contributed by atoms with E-state index in [2.05, 4.69) is 22.5 Å². The number of rotatable bonds is 7. The number of hydrogen-bond donors (Lipinski definition) is 1. The van der Waals surface area contributed by atoms with E-state index < -0.39 is 5.54 Å². The molecule has 0 aliphatic heterocycles. The molecule has 0 spiro atoms. The number of aryl methyl sites for hydroxylation is 2. The Balaban J connectivity index is 2.46. The van der Waals surface area contributed by atoms with Gasteiger partial charge in [-0.25, -0.2) is 4.98 Å². The Hall–Kier alpha value is -1.34. The Labute approximate surface area is 103 Å². The Bertz CT molecular complexity index is 377. The first kappa shape index (κ1) is 13.7. The van der Waals surface area contributed by atoms with E-state index in [4.69, 9.17) is 11.0 Å². The zero-order chi connectivity index (χ0) is 12.7. The summed E-state index contributed by atoms with van der Waals surface area (Å²) in [6.45, 7) is 5.01. The summed E-state index contributed by atoms with van der Waals surface area (Å²) in [4.78, 5) is 4.33. The van der Waals surface area contributed by atoms with Crippen molar-refractivity contribution < 1.29 is 0 Å². The van der Waals surface area contributed by atoms with Gasteiger partial charge in [0, 0.05) is 25.4 Å². The molecular weight excluding hydrogens is 212 g/mol. The molecule has 1 aromatic rings. The molecule has 1 rings (SSSR count). The van der Waals surface area contributed by atoms with Gasteiger partial charge in [0.2, 0.25) is 0 Å². The number of hydrogen-bond acceptors (Lipinski definition) is 3. The third-order valence-electron chi connectivity index (χ3n) is 3.15. The minimum Gasteiger partial charge on any atom is -0.335 e. The van der Waals surface area contributed by atoms with Gasteiger partial charge in [-0.15, -0.1) is 0 Å². The van der Waals surface area contributed by atoms with Crippen molar-refractivity contribution in [3.05, 3.63) is 18.2 Å². The van der Waals surface area contributed by atoms with Gasteiger partial charge in [-0.3, -0.25) is 0 Å². The number of nitriles is 1. The highest BCUT2D eigenvalue weighted by Gasteiger charge is 2.21. The molecule has 0 aliphatic rings. The minimum absolute atomic E-state index is 0.661. The van der Waals surface area contributed by atoms with Gasteiger partial charge >= 0.3 is 0 Å². The molecule has 0 saturated carbocycles. The van der Waals surface area contributed by atoms with Gasteiger partial charge in [-0.05, 0) is 25.7 Å². The average molecular weight is 234 g/mol. The normalized spacial score (nSPS) is 14.2. The van der Waals surface area contributed by atoms with Crippen molar-refractivity contribution in [2.75, 3.05) is 0 Å². The fourth-order valence-corrected chi connectivity index (χ4v) is 1.87. The van der Waals surface area contributed by atoms with Crippen LogP contribution >= 0.6 is 0 Å². The first-order valence-electron chi connectivity index (χ1n) is 6.35. The van der Waals surface area contributed by atoms with Crippen LogP contribution in [0.1, 0.15) is 45.4 Å². The lowest BCUT2D eigenvalue weighted by Gasteiger charge is -2.19. The zero-order valence-electron chi connectivity index (χ0n) is 10.8. The molecule has 1 unspecified atom stereocenters. The zero-order valence-corrected chi connectivity index (χ0v) is 10.8. The molecule has 1 heterocycles. The van der Waals surface area contributed by atoms with Crippen LogP contribution in [0.5, 0.6) is 0 Å². The van der Waals surface area contributed by atoms with Crippen LogP contribution in [0.2, 0.25) is 0 Å². The third-order valence-corrected chi connectivity index (χ3v) is 3.15. The minimum atomic E-state index is -0.661. The van der Waals surface area contributed by atoms with Gasteiger partial charge in [0.15, 0.2) is 0 Å². The van der Waals surface area contributed by atoms with E-state index in [0.717, 1.165) is 38.1 Å². The maximum absolute atomic E-state index is 8.99. The molecule has 0 aliphatic carbocycles. The SMILES string of the molecule is CCCc1nccn1CCCC(N)(C#N)CC. The van der Waals surface area contributed by atoms with E-state index >= 15 is 0 Å². The summed E-state index contributed by atoms with van der Waals surface area (Å²) in [6, 6.07) is 2.20. The molecule has 0 saturated heterocycles. The lowest BCUT2D eigenvalue weighted by Crippen LogP contribution is -2.37. The molecule has 0 amide bonds. The molecular formula is C13H22N4. The Morgan fingerprint density at radius 2 is 2.29 bits per heavy atom. The third kappa shape index (κ3) is 3.86. The average Bonchev–Trinajstić information content (AvgIpc) is 2.77. The molecule has 1 aromatic heterocycles. The Morgan fingerprint density at radius 3 is 2.88 bits per heavy atom. The number of nitrogens with two attached hydrogens (primary N) is 1. The summed E-state index contributed by atoms with van der Waals surface area (Å²) in [5, 5.41) is 8.99. The second kappa shape index (κ2) is 6.41. The molecule has 2 N–H and O–H groups in total. The van der Waals surface area contributed by atoms with Crippen LogP contribution < -0.4 is 5.73 Å². The van der Waals surface area contributed by atoms with E-state index in [1.54, 1.807) is 0 Å². The molecule has 94 valence electrons. The molecule has 1 atom stereocenters. The second-order valence-electron chi connectivity index (χ2n) is 4.51. The van der Waals surface area contributed by atoms with Gasteiger partial charge in [0.25, 0.3) is 0 Å². The first-order valence-corrected chi connectivity index (χ1v) is 6.35. The van der Waals surface area contributed by atoms with Gasteiger partial charge < -0.3 is 10.3 Å². The van der Waals surface area contributed by atoms with Crippen molar-refractivity contribution in [1.82, 2.24) is 9.55 Å². The summed E-state index contributed by atoms with van der Waals surface area (Å²) < 4.78 is 2.16. The molecule has 4 heteroatoms. The van der Waals surface area contributed by atoms with Crippen LogP contribution in [0.4, 0.5) is 0 Å². The van der Waals surface area contributed by atoms with Crippen molar-refractivity contribution in [1.29, 1.82) is 5.26 Å². The van der Waals surface area contributed by atoms with E-state index in [0.29, 0.717) is 6.42 Å². The summed E-state index contributed by atoms with van der Waals surface area (Å²) in [5.74, 6) is 1.13. The highest BCUT2D eigenvalue weighted by atomic mass is 15.1. The van der Waals surface area contributed by atoms with E-state index in [1.165, 1.54) is 0 Å². The number of aromatic nitrogens is 2. The van der Waals surface area contributed by atoms with Crippen molar-refractivity contribution in [3.63, 3.8) is 0 Å². The maximum atomic E-state index is 8.99. The van der Waals surface area contributed by atoms with Gasteiger partial charge in [0.05, 0.1) is 6.07 Å². The van der Waals surface area contributed by atoms with Crippen LogP contribution in [-0.4, -0.2) is 15.1 Å². The lowest BCUT2D eigenvalue weighted by atomic mass is 9.93. The standard InChI is InChI=1S/C13H22N4/c1-3-6-12-16-8-10-17(12)9-5-7-13(15,4-2)11-14/h8,10H,3-7,9,15H2,1-2H3. The van der Waals surface area contributed by atoms with Crippen molar-refractivity contribution >= 4 is 0 Å². The Kier molecular flexibility index (Phi) is 5.17. The smallest absolute Gasteiger partial charge is 0.108 e. The fraction of sp³-hybridized carbons (Fsp3) is 0.692. The highest BCUT2D eigenvalue weighted by Crippen LogP contribution is 2.14. The largest absolute Gasteiger partial charge is 0.335 e. The maximum Gasteiger partial charge on any atom is 0.108 e. The molecule has 0 fully saturated rings. The quantitative estimate of drug-likeness (QED) is 0.786. The molecule has 17 heavy (non-hydrogen) atoms. The summed E-state index contributed by atoms with van der Waals surface area (Å²) in [7, 11) is 0. The van der Waals surface area contributed by atoms with E-state index in [-0.39, 0.29) is 0 Å². The van der Waals surface area contributed by atoms with Gasteiger partial charge in [-0.2, -0.15) is 5.26 Å². The Morgan fingerprint density at radius 1 is 1.53 bits per heavy atom. The number of imidazole rings is 1. The molecule has 0 radical (unpaired) electrons. The highest BCUT2D eigenvalue weighted by molar-refractivity contribution is 5.03. The second-order valence-corrected chi connectivity index (χ2v) is 4.51. The summed E-state index contributed by atoms with van der Waals surface area (Å²) >= 11 is 0. The van der Waals surface area contributed by atoms with Crippen molar-refractivity contribution in [3.8, 4) is 6.07 Å².